The summed E-state index contributed by atoms with van der Waals surface area (Å²) >= 11 is 5.93. The number of halogens is 2. The highest BCUT2D eigenvalue weighted by atomic mass is 35.5. The summed E-state index contributed by atoms with van der Waals surface area (Å²) in [7, 11) is 1.45. The summed E-state index contributed by atoms with van der Waals surface area (Å²) in [6, 6.07) is 11.4. The van der Waals surface area contributed by atoms with Crippen LogP contribution in [0.1, 0.15) is 10.5 Å². The molecule has 0 atom stereocenters. The molecule has 0 aliphatic carbocycles. The van der Waals surface area contributed by atoms with Gasteiger partial charge in [-0.25, -0.2) is 9.07 Å². The van der Waals surface area contributed by atoms with Crippen LogP contribution in [0.3, 0.4) is 0 Å². The van der Waals surface area contributed by atoms with E-state index in [0.29, 0.717) is 22.1 Å². The quantitative estimate of drug-likeness (QED) is 0.761. The minimum absolute atomic E-state index is 0.309. The molecule has 1 aromatic heterocycles. The second-order valence-electron chi connectivity index (χ2n) is 5.25. The van der Waals surface area contributed by atoms with Crippen LogP contribution >= 0.6 is 11.6 Å². The van der Waals surface area contributed by atoms with Gasteiger partial charge in [-0.3, -0.25) is 9.59 Å². The maximum atomic E-state index is 13.1. The molecule has 0 fully saturated rings. The minimum Gasteiger partial charge on any atom is -0.495 e. The topological polar surface area (TPSA) is 73.2 Å². The van der Waals surface area contributed by atoms with Crippen LogP contribution in [0.5, 0.6) is 5.75 Å². The fourth-order valence-corrected chi connectivity index (χ4v) is 2.43. The van der Waals surface area contributed by atoms with Gasteiger partial charge in [0, 0.05) is 17.3 Å². The molecule has 3 rings (SSSR count). The Morgan fingerprint density at radius 2 is 1.92 bits per heavy atom. The van der Waals surface area contributed by atoms with Crippen molar-refractivity contribution in [3.8, 4) is 11.4 Å². The third-order valence-corrected chi connectivity index (χ3v) is 3.76. The summed E-state index contributed by atoms with van der Waals surface area (Å²) in [4.78, 5) is 24.6. The fourth-order valence-electron chi connectivity index (χ4n) is 2.26. The number of amides is 1. The number of nitrogens with zero attached hydrogens (tertiary/aromatic N) is 2. The average Bonchev–Trinajstić information content (AvgIpc) is 2.63. The SMILES string of the molecule is COc1ccc(Cl)cc1NC(=O)c1nn(-c2ccc(F)cc2)ccc1=O. The molecule has 132 valence electrons. The first-order valence-electron chi connectivity index (χ1n) is 7.49. The Morgan fingerprint density at radius 1 is 1.19 bits per heavy atom. The monoisotopic (exact) mass is 373 g/mol. The molecule has 3 aromatic rings. The van der Waals surface area contributed by atoms with Crippen molar-refractivity contribution in [2.45, 2.75) is 0 Å². The maximum absolute atomic E-state index is 13.1. The molecule has 1 heterocycles. The third kappa shape index (κ3) is 3.73. The molecule has 0 spiro atoms. The highest BCUT2D eigenvalue weighted by Crippen LogP contribution is 2.27. The Morgan fingerprint density at radius 3 is 2.62 bits per heavy atom. The number of benzene rings is 2. The Labute approximate surface area is 152 Å². The van der Waals surface area contributed by atoms with Gasteiger partial charge >= 0.3 is 0 Å². The van der Waals surface area contributed by atoms with E-state index < -0.39 is 17.2 Å². The van der Waals surface area contributed by atoms with Gasteiger partial charge in [-0.2, -0.15) is 5.10 Å². The van der Waals surface area contributed by atoms with Crippen molar-refractivity contribution in [3.05, 3.63) is 81.5 Å². The molecule has 0 aliphatic rings. The molecule has 0 saturated carbocycles. The molecule has 0 saturated heterocycles. The second-order valence-corrected chi connectivity index (χ2v) is 5.68. The molecule has 1 amide bonds. The minimum atomic E-state index is -0.716. The van der Waals surface area contributed by atoms with Crippen LogP contribution < -0.4 is 15.5 Å². The van der Waals surface area contributed by atoms with E-state index in [0.717, 1.165) is 0 Å². The lowest BCUT2D eigenvalue weighted by Gasteiger charge is -2.11. The summed E-state index contributed by atoms with van der Waals surface area (Å²) in [5, 5.41) is 7.00. The highest BCUT2D eigenvalue weighted by Gasteiger charge is 2.16. The van der Waals surface area contributed by atoms with Crippen LogP contribution in [0, 0.1) is 5.82 Å². The van der Waals surface area contributed by atoms with Gasteiger partial charge in [0.2, 0.25) is 5.43 Å². The number of methoxy groups -OCH3 is 1. The van der Waals surface area contributed by atoms with Gasteiger partial charge in [-0.15, -0.1) is 0 Å². The molecule has 0 radical (unpaired) electrons. The highest BCUT2D eigenvalue weighted by molar-refractivity contribution is 6.31. The van der Waals surface area contributed by atoms with Gasteiger partial charge in [0.1, 0.15) is 11.6 Å². The summed E-state index contributed by atoms with van der Waals surface area (Å²) in [6.07, 6.45) is 1.40. The molecule has 0 unspecified atom stereocenters. The predicted octanol–water partition coefficient (Wildman–Crippen LogP) is 3.29. The zero-order valence-electron chi connectivity index (χ0n) is 13.6. The van der Waals surface area contributed by atoms with Crippen molar-refractivity contribution in [3.63, 3.8) is 0 Å². The molecule has 26 heavy (non-hydrogen) atoms. The molecular weight excluding hydrogens is 361 g/mol. The Kier molecular flexibility index (Phi) is 4.99. The molecule has 0 bridgehead atoms. The molecule has 8 heteroatoms. The fraction of sp³-hybridized carbons (Fsp3) is 0.0556. The van der Waals surface area contributed by atoms with E-state index in [4.69, 9.17) is 16.3 Å². The number of carbonyl (C=O) groups excluding carboxylic acids is 1. The van der Waals surface area contributed by atoms with E-state index in [2.05, 4.69) is 10.4 Å². The Bertz CT molecular complexity index is 1020. The van der Waals surface area contributed by atoms with Gasteiger partial charge < -0.3 is 10.1 Å². The van der Waals surface area contributed by atoms with E-state index in [1.807, 2.05) is 0 Å². The molecule has 1 N–H and O–H groups in total. The second kappa shape index (κ2) is 7.37. The number of ether oxygens (including phenoxy) is 1. The van der Waals surface area contributed by atoms with Gasteiger partial charge in [-0.05, 0) is 42.5 Å². The first-order valence-corrected chi connectivity index (χ1v) is 7.86. The maximum Gasteiger partial charge on any atom is 0.280 e. The Balaban J connectivity index is 1.95. The van der Waals surface area contributed by atoms with Crippen molar-refractivity contribution in [2.75, 3.05) is 12.4 Å². The van der Waals surface area contributed by atoms with Crippen LogP contribution in [-0.4, -0.2) is 22.8 Å². The van der Waals surface area contributed by atoms with Crippen LogP contribution in [-0.2, 0) is 0 Å². The van der Waals surface area contributed by atoms with Crippen molar-refractivity contribution in [1.29, 1.82) is 0 Å². The molecular formula is C18H13ClFN3O3. The van der Waals surface area contributed by atoms with Crippen LogP contribution in [0.15, 0.2) is 59.5 Å². The third-order valence-electron chi connectivity index (χ3n) is 3.52. The van der Waals surface area contributed by atoms with E-state index in [1.165, 1.54) is 54.4 Å². The summed E-state index contributed by atoms with van der Waals surface area (Å²) in [5.74, 6) is -0.731. The first kappa shape index (κ1) is 17.6. The van der Waals surface area contributed by atoms with E-state index in [-0.39, 0.29) is 5.69 Å². The van der Waals surface area contributed by atoms with Crippen molar-refractivity contribution in [1.82, 2.24) is 9.78 Å². The number of carbonyl (C=O) groups is 1. The lowest BCUT2D eigenvalue weighted by Crippen LogP contribution is -2.25. The van der Waals surface area contributed by atoms with Crippen LogP contribution in [0.4, 0.5) is 10.1 Å². The first-order chi connectivity index (χ1) is 12.5. The van der Waals surface area contributed by atoms with E-state index in [9.17, 15) is 14.0 Å². The Hall–Kier alpha value is -3.19. The van der Waals surface area contributed by atoms with Crippen LogP contribution in [0.25, 0.3) is 5.69 Å². The molecule has 2 aromatic carbocycles. The smallest absolute Gasteiger partial charge is 0.280 e. The van der Waals surface area contributed by atoms with Crippen molar-refractivity contribution < 1.29 is 13.9 Å². The summed E-state index contributed by atoms with van der Waals surface area (Å²) < 4.78 is 19.5. The summed E-state index contributed by atoms with van der Waals surface area (Å²) in [6.45, 7) is 0. The largest absolute Gasteiger partial charge is 0.495 e. The summed E-state index contributed by atoms with van der Waals surface area (Å²) in [5.41, 5.74) is -0.0649. The van der Waals surface area contributed by atoms with Gasteiger partial charge in [-0.1, -0.05) is 11.6 Å². The van der Waals surface area contributed by atoms with Gasteiger partial charge in [0.05, 0.1) is 18.5 Å². The number of hydrogen-bond donors (Lipinski definition) is 1. The van der Waals surface area contributed by atoms with Gasteiger partial charge in [0.15, 0.2) is 5.69 Å². The normalized spacial score (nSPS) is 10.4. The number of anilines is 1. The van der Waals surface area contributed by atoms with Crippen molar-refractivity contribution >= 4 is 23.2 Å². The molecule has 0 aliphatic heterocycles. The zero-order chi connectivity index (χ0) is 18.7. The standard InChI is InChI=1S/C18H13ClFN3O3/c1-26-16-7-2-11(19)10-14(16)21-18(25)17-15(24)8-9-23(22-17)13-5-3-12(20)4-6-13/h2-10H,1H3,(H,21,25). The number of aromatic nitrogens is 2. The van der Waals surface area contributed by atoms with E-state index in [1.54, 1.807) is 12.1 Å². The number of rotatable bonds is 4. The van der Waals surface area contributed by atoms with Gasteiger partial charge in [0.25, 0.3) is 5.91 Å². The average molecular weight is 374 g/mol. The van der Waals surface area contributed by atoms with Crippen LogP contribution in [0.2, 0.25) is 5.02 Å². The number of hydrogen-bond acceptors (Lipinski definition) is 4. The molecule has 6 nitrogen and oxygen atoms in total. The zero-order valence-corrected chi connectivity index (χ0v) is 14.3. The lowest BCUT2D eigenvalue weighted by atomic mass is 10.2. The number of nitrogens with one attached hydrogen (secondary N) is 1. The predicted molar refractivity (Wildman–Crippen MR) is 95.7 cm³/mol. The van der Waals surface area contributed by atoms with Crippen molar-refractivity contribution in [2.24, 2.45) is 0 Å². The van der Waals surface area contributed by atoms with E-state index >= 15 is 0 Å². The lowest BCUT2D eigenvalue weighted by molar-refractivity contribution is 0.101.